The van der Waals surface area contributed by atoms with Crippen molar-refractivity contribution in [3.05, 3.63) is 59.7 Å². The smallest absolute Gasteiger partial charge is 0.257 e. The lowest BCUT2D eigenvalue weighted by atomic mass is 10.1. The molecule has 0 spiro atoms. The molecule has 0 aliphatic heterocycles. The van der Waals surface area contributed by atoms with E-state index in [-0.39, 0.29) is 12.3 Å². The molecule has 5 heteroatoms. The molecule has 0 bridgehead atoms. The SMILES string of the molecule is NC(=O)Cc1ccccc1NC(=O)c1ccccc1N. The molecule has 0 saturated carbocycles. The van der Waals surface area contributed by atoms with E-state index in [4.69, 9.17) is 11.5 Å². The number of nitrogens with one attached hydrogen (secondary N) is 1. The molecule has 102 valence electrons. The largest absolute Gasteiger partial charge is 0.398 e. The highest BCUT2D eigenvalue weighted by molar-refractivity contribution is 6.08. The Bertz CT molecular complexity index is 653. The summed E-state index contributed by atoms with van der Waals surface area (Å²) < 4.78 is 0. The number of anilines is 2. The van der Waals surface area contributed by atoms with E-state index in [9.17, 15) is 9.59 Å². The minimum atomic E-state index is -0.453. The maximum atomic E-state index is 12.2. The average molecular weight is 269 g/mol. The normalized spacial score (nSPS) is 10.0. The molecule has 2 rings (SSSR count). The third kappa shape index (κ3) is 3.14. The molecule has 0 radical (unpaired) electrons. The van der Waals surface area contributed by atoms with Gasteiger partial charge in [0.25, 0.3) is 5.91 Å². The monoisotopic (exact) mass is 269 g/mol. The molecular formula is C15H15N3O2. The highest BCUT2D eigenvalue weighted by atomic mass is 16.2. The molecule has 0 heterocycles. The molecule has 0 aliphatic carbocycles. The number of primary amides is 1. The fraction of sp³-hybridized carbons (Fsp3) is 0.0667. The predicted molar refractivity (Wildman–Crippen MR) is 78.1 cm³/mol. The van der Waals surface area contributed by atoms with Crippen molar-refractivity contribution in [1.29, 1.82) is 0 Å². The van der Waals surface area contributed by atoms with Gasteiger partial charge in [-0.2, -0.15) is 0 Å². The number of hydrogen-bond acceptors (Lipinski definition) is 3. The van der Waals surface area contributed by atoms with Crippen molar-refractivity contribution in [2.75, 3.05) is 11.1 Å². The number of nitrogens with two attached hydrogens (primary N) is 2. The zero-order chi connectivity index (χ0) is 14.5. The quantitative estimate of drug-likeness (QED) is 0.734. The van der Waals surface area contributed by atoms with E-state index in [0.717, 1.165) is 0 Å². The van der Waals surface area contributed by atoms with Crippen LogP contribution in [0, 0.1) is 0 Å². The van der Waals surface area contributed by atoms with Crippen molar-refractivity contribution < 1.29 is 9.59 Å². The Hall–Kier alpha value is -2.82. The topological polar surface area (TPSA) is 98.2 Å². The molecule has 2 aromatic rings. The van der Waals surface area contributed by atoms with Gasteiger partial charge in [-0.05, 0) is 23.8 Å². The van der Waals surface area contributed by atoms with Gasteiger partial charge in [0.05, 0.1) is 12.0 Å². The number of carbonyl (C=O) groups excluding carboxylic acids is 2. The fourth-order valence-electron chi connectivity index (χ4n) is 1.88. The minimum Gasteiger partial charge on any atom is -0.398 e. The predicted octanol–water partition coefficient (Wildman–Crippen LogP) is 1.55. The van der Waals surface area contributed by atoms with E-state index in [1.807, 2.05) is 0 Å². The van der Waals surface area contributed by atoms with Crippen LogP contribution in [0.3, 0.4) is 0 Å². The highest BCUT2D eigenvalue weighted by Gasteiger charge is 2.12. The van der Waals surface area contributed by atoms with Gasteiger partial charge in [-0.1, -0.05) is 30.3 Å². The maximum absolute atomic E-state index is 12.2. The molecule has 0 atom stereocenters. The van der Waals surface area contributed by atoms with Gasteiger partial charge in [-0.25, -0.2) is 0 Å². The van der Waals surface area contributed by atoms with Gasteiger partial charge in [0.1, 0.15) is 0 Å². The number of nitrogen functional groups attached to an aromatic ring is 1. The Balaban J connectivity index is 2.24. The molecule has 0 fully saturated rings. The second kappa shape index (κ2) is 5.88. The van der Waals surface area contributed by atoms with E-state index in [0.29, 0.717) is 22.5 Å². The summed E-state index contributed by atoms with van der Waals surface area (Å²) >= 11 is 0. The van der Waals surface area contributed by atoms with Gasteiger partial charge < -0.3 is 16.8 Å². The van der Waals surface area contributed by atoms with Crippen LogP contribution in [0.25, 0.3) is 0 Å². The van der Waals surface area contributed by atoms with Crippen LogP contribution in [-0.4, -0.2) is 11.8 Å². The van der Waals surface area contributed by atoms with Gasteiger partial charge in [-0.15, -0.1) is 0 Å². The van der Waals surface area contributed by atoms with Gasteiger partial charge in [0.15, 0.2) is 0 Å². The molecule has 5 N–H and O–H groups in total. The number of amides is 2. The number of rotatable bonds is 4. The van der Waals surface area contributed by atoms with Crippen LogP contribution >= 0.6 is 0 Å². The van der Waals surface area contributed by atoms with E-state index >= 15 is 0 Å². The zero-order valence-corrected chi connectivity index (χ0v) is 10.8. The number of para-hydroxylation sites is 2. The minimum absolute atomic E-state index is 0.0702. The lowest BCUT2D eigenvalue weighted by molar-refractivity contribution is -0.117. The van der Waals surface area contributed by atoms with Crippen molar-refractivity contribution in [3.8, 4) is 0 Å². The Morgan fingerprint density at radius 1 is 1.00 bits per heavy atom. The van der Waals surface area contributed by atoms with Crippen LogP contribution in [0.4, 0.5) is 11.4 Å². The molecule has 0 saturated heterocycles. The Labute approximate surface area is 116 Å². The molecular weight excluding hydrogens is 254 g/mol. The summed E-state index contributed by atoms with van der Waals surface area (Å²) in [5.74, 6) is -0.772. The number of benzene rings is 2. The first-order chi connectivity index (χ1) is 9.58. The second-order valence-corrected chi connectivity index (χ2v) is 4.34. The second-order valence-electron chi connectivity index (χ2n) is 4.34. The fourth-order valence-corrected chi connectivity index (χ4v) is 1.88. The van der Waals surface area contributed by atoms with Crippen LogP contribution in [-0.2, 0) is 11.2 Å². The van der Waals surface area contributed by atoms with Crippen molar-refractivity contribution in [2.24, 2.45) is 5.73 Å². The molecule has 2 aromatic carbocycles. The third-order valence-electron chi connectivity index (χ3n) is 2.84. The van der Waals surface area contributed by atoms with Crippen LogP contribution in [0.2, 0.25) is 0 Å². The van der Waals surface area contributed by atoms with Crippen LogP contribution < -0.4 is 16.8 Å². The first kappa shape index (κ1) is 13.6. The van der Waals surface area contributed by atoms with Crippen LogP contribution in [0.1, 0.15) is 15.9 Å². The van der Waals surface area contributed by atoms with Crippen molar-refractivity contribution in [2.45, 2.75) is 6.42 Å². The molecule has 20 heavy (non-hydrogen) atoms. The first-order valence-corrected chi connectivity index (χ1v) is 6.10. The summed E-state index contributed by atoms with van der Waals surface area (Å²) in [5, 5.41) is 2.75. The van der Waals surface area contributed by atoms with Gasteiger partial charge >= 0.3 is 0 Å². The Kier molecular flexibility index (Phi) is 4.00. The molecule has 0 unspecified atom stereocenters. The lowest BCUT2D eigenvalue weighted by Gasteiger charge is -2.11. The summed E-state index contributed by atoms with van der Waals surface area (Å²) in [7, 11) is 0. The summed E-state index contributed by atoms with van der Waals surface area (Å²) in [5.41, 5.74) is 13.0. The Morgan fingerprint density at radius 3 is 2.35 bits per heavy atom. The van der Waals surface area contributed by atoms with Crippen LogP contribution in [0.15, 0.2) is 48.5 Å². The van der Waals surface area contributed by atoms with Crippen LogP contribution in [0.5, 0.6) is 0 Å². The zero-order valence-electron chi connectivity index (χ0n) is 10.8. The summed E-state index contributed by atoms with van der Waals surface area (Å²) in [4.78, 5) is 23.2. The summed E-state index contributed by atoms with van der Waals surface area (Å²) in [6, 6.07) is 13.8. The Morgan fingerprint density at radius 2 is 1.65 bits per heavy atom. The molecule has 5 nitrogen and oxygen atoms in total. The van der Waals surface area contributed by atoms with Crippen molar-refractivity contribution in [3.63, 3.8) is 0 Å². The van der Waals surface area contributed by atoms with Gasteiger partial charge in [0.2, 0.25) is 5.91 Å². The lowest BCUT2D eigenvalue weighted by Crippen LogP contribution is -2.18. The van der Waals surface area contributed by atoms with Crippen molar-refractivity contribution in [1.82, 2.24) is 0 Å². The van der Waals surface area contributed by atoms with E-state index in [1.165, 1.54) is 0 Å². The summed E-state index contributed by atoms with van der Waals surface area (Å²) in [6.45, 7) is 0. The van der Waals surface area contributed by atoms with Gasteiger partial charge in [-0.3, -0.25) is 9.59 Å². The highest BCUT2D eigenvalue weighted by Crippen LogP contribution is 2.18. The molecule has 2 amide bonds. The third-order valence-corrected chi connectivity index (χ3v) is 2.84. The van der Waals surface area contributed by atoms with E-state index in [1.54, 1.807) is 48.5 Å². The summed E-state index contributed by atoms with van der Waals surface area (Å²) in [6.07, 6.45) is 0.0702. The molecule has 0 aliphatic rings. The van der Waals surface area contributed by atoms with Crippen molar-refractivity contribution >= 4 is 23.2 Å². The number of carbonyl (C=O) groups is 2. The maximum Gasteiger partial charge on any atom is 0.257 e. The standard InChI is InChI=1S/C15H15N3O2/c16-12-7-3-2-6-11(12)15(20)18-13-8-4-1-5-10(13)9-14(17)19/h1-8H,9,16H2,(H2,17,19)(H,18,20). The molecule has 0 aromatic heterocycles. The first-order valence-electron chi connectivity index (χ1n) is 6.10. The van der Waals surface area contributed by atoms with Gasteiger partial charge in [0, 0.05) is 11.4 Å². The van der Waals surface area contributed by atoms with E-state index < -0.39 is 5.91 Å². The van der Waals surface area contributed by atoms with E-state index in [2.05, 4.69) is 5.32 Å². The number of hydrogen-bond donors (Lipinski definition) is 3. The average Bonchev–Trinajstić information content (AvgIpc) is 2.41.